The molecule has 90 valence electrons. The zero-order valence-corrected chi connectivity index (χ0v) is 11.1. The fraction of sp³-hybridized carbons (Fsp3) is 1.00. The number of piperidine rings is 1. The Hall–Kier alpha value is -0.0800. The van der Waals surface area contributed by atoms with Crippen molar-refractivity contribution in [2.45, 2.75) is 59.5 Å². The monoisotopic (exact) mass is 212 g/mol. The van der Waals surface area contributed by atoms with Crippen LogP contribution in [0.2, 0.25) is 0 Å². The predicted molar refractivity (Wildman–Crippen MR) is 66.9 cm³/mol. The van der Waals surface area contributed by atoms with E-state index in [0.717, 1.165) is 5.92 Å². The van der Waals surface area contributed by atoms with E-state index in [1.54, 1.807) is 0 Å². The highest BCUT2D eigenvalue weighted by Crippen LogP contribution is 2.34. The summed E-state index contributed by atoms with van der Waals surface area (Å²) < 4.78 is 0. The topological polar surface area (TPSA) is 29.3 Å². The number of hydrogen-bond acceptors (Lipinski definition) is 2. The summed E-state index contributed by atoms with van der Waals surface area (Å²) in [6.07, 6.45) is 2.67. The van der Waals surface area contributed by atoms with Gasteiger partial charge in [0.2, 0.25) is 0 Å². The van der Waals surface area contributed by atoms with Crippen LogP contribution in [0.15, 0.2) is 0 Å². The lowest BCUT2D eigenvalue weighted by molar-refractivity contribution is 0.0813. The van der Waals surface area contributed by atoms with Gasteiger partial charge in [0, 0.05) is 12.1 Å². The number of rotatable bonds is 2. The number of nitrogens with zero attached hydrogens (tertiary/aromatic N) is 1. The fourth-order valence-corrected chi connectivity index (χ4v) is 2.51. The third-order valence-electron chi connectivity index (χ3n) is 4.09. The smallest absolute Gasteiger partial charge is 0.0216 e. The molecule has 0 spiro atoms. The van der Waals surface area contributed by atoms with Gasteiger partial charge in [0.05, 0.1) is 0 Å². The van der Waals surface area contributed by atoms with Crippen LogP contribution in [0.1, 0.15) is 47.5 Å². The van der Waals surface area contributed by atoms with Gasteiger partial charge in [0.1, 0.15) is 0 Å². The van der Waals surface area contributed by atoms with E-state index < -0.39 is 0 Å². The van der Waals surface area contributed by atoms with Crippen LogP contribution in [-0.4, -0.2) is 30.1 Å². The number of likely N-dealkylation sites (tertiary alicyclic amines) is 1. The molecule has 2 nitrogen and oxygen atoms in total. The van der Waals surface area contributed by atoms with E-state index in [1.165, 1.54) is 25.9 Å². The quantitative estimate of drug-likeness (QED) is 0.762. The molecule has 2 unspecified atom stereocenters. The van der Waals surface area contributed by atoms with Gasteiger partial charge in [-0.3, -0.25) is 4.90 Å². The summed E-state index contributed by atoms with van der Waals surface area (Å²) in [7, 11) is 0. The second-order valence-corrected chi connectivity index (χ2v) is 6.28. The average Bonchev–Trinajstić information content (AvgIpc) is 2.15. The van der Waals surface area contributed by atoms with E-state index in [0.29, 0.717) is 11.5 Å². The van der Waals surface area contributed by atoms with Gasteiger partial charge in [-0.1, -0.05) is 20.8 Å². The van der Waals surface area contributed by atoms with Crippen molar-refractivity contribution in [1.29, 1.82) is 0 Å². The average molecular weight is 212 g/mol. The highest BCUT2D eigenvalue weighted by molar-refractivity contribution is 4.84. The van der Waals surface area contributed by atoms with Crippen LogP contribution in [0.25, 0.3) is 0 Å². The van der Waals surface area contributed by atoms with Gasteiger partial charge in [0.15, 0.2) is 0 Å². The van der Waals surface area contributed by atoms with E-state index in [1.807, 2.05) is 0 Å². The standard InChI is InChI=1S/C13H28N2/c1-10(14)11(2)15-8-6-12(7-9-15)13(3,4)5/h10-12H,6-9,14H2,1-5H3. The first kappa shape index (κ1) is 13.0. The first-order chi connectivity index (χ1) is 6.82. The lowest BCUT2D eigenvalue weighted by Gasteiger charge is -2.42. The highest BCUT2D eigenvalue weighted by atomic mass is 15.2. The molecule has 0 saturated carbocycles. The van der Waals surface area contributed by atoms with Gasteiger partial charge in [-0.05, 0) is 51.1 Å². The van der Waals surface area contributed by atoms with Crippen molar-refractivity contribution in [1.82, 2.24) is 4.90 Å². The molecule has 0 amide bonds. The molecule has 0 aromatic heterocycles. The summed E-state index contributed by atoms with van der Waals surface area (Å²) in [5.41, 5.74) is 6.42. The highest BCUT2D eigenvalue weighted by Gasteiger charge is 2.30. The fourth-order valence-electron chi connectivity index (χ4n) is 2.51. The number of hydrogen-bond donors (Lipinski definition) is 1. The zero-order valence-electron chi connectivity index (χ0n) is 11.1. The van der Waals surface area contributed by atoms with E-state index in [2.05, 4.69) is 39.5 Å². The molecular formula is C13H28N2. The molecule has 2 heteroatoms. The molecule has 1 heterocycles. The summed E-state index contributed by atoms with van der Waals surface area (Å²) in [6.45, 7) is 13.9. The van der Waals surface area contributed by atoms with E-state index in [4.69, 9.17) is 5.73 Å². The second-order valence-electron chi connectivity index (χ2n) is 6.28. The molecule has 1 rings (SSSR count). The Kier molecular flexibility index (Phi) is 4.19. The lowest BCUT2D eigenvalue weighted by atomic mass is 9.75. The molecule has 2 atom stereocenters. The summed E-state index contributed by atoms with van der Waals surface area (Å²) in [5.74, 6) is 0.883. The maximum Gasteiger partial charge on any atom is 0.0216 e. The van der Waals surface area contributed by atoms with Crippen LogP contribution in [0.5, 0.6) is 0 Å². The summed E-state index contributed by atoms with van der Waals surface area (Å²) in [5, 5.41) is 0. The molecular weight excluding hydrogens is 184 g/mol. The van der Waals surface area contributed by atoms with Crippen molar-refractivity contribution in [2.75, 3.05) is 13.1 Å². The zero-order chi connectivity index (χ0) is 11.6. The van der Waals surface area contributed by atoms with Crippen LogP contribution in [0.3, 0.4) is 0 Å². The third kappa shape index (κ3) is 3.46. The largest absolute Gasteiger partial charge is 0.327 e. The van der Waals surface area contributed by atoms with E-state index >= 15 is 0 Å². The van der Waals surface area contributed by atoms with Crippen molar-refractivity contribution in [2.24, 2.45) is 17.1 Å². The summed E-state index contributed by atoms with van der Waals surface area (Å²) in [6, 6.07) is 0.821. The van der Waals surface area contributed by atoms with E-state index in [-0.39, 0.29) is 6.04 Å². The Morgan fingerprint density at radius 1 is 1.13 bits per heavy atom. The maximum atomic E-state index is 5.95. The molecule has 0 aromatic carbocycles. The SMILES string of the molecule is CC(N)C(C)N1CCC(C(C)(C)C)CC1. The minimum atomic E-state index is 0.288. The summed E-state index contributed by atoms with van der Waals surface area (Å²) in [4.78, 5) is 2.55. The molecule has 1 aliphatic rings. The molecule has 2 N–H and O–H groups in total. The van der Waals surface area contributed by atoms with Gasteiger partial charge in [-0.25, -0.2) is 0 Å². The Morgan fingerprint density at radius 2 is 1.60 bits per heavy atom. The van der Waals surface area contributed by atoms with Gasteiger partial charge in [-0.2, -0.15) is 0 Å². The molecule has 0 bridgehead atoms. The molecule has 0 radical (unpaired) electrons. The van der Waals surface area contributed by atoms with Crippen molar-refractivity contribution in [3.63, 3.8) is 0 Å². The van der Waals surface area contributed by atoms with Crippen molar-refractivity contribution in [3.8, 4) is 0 Å². The first-order valence-electron chi connectivity index (χ1n) is 6.32. The minimum absolute atomic E-state index is 0.288. The van der Waals surface area contributed by atoms with Gasteiger partial charge in [-0.15, -0.1) is 0 Å². The Balaban J connectivity index is 2.42. The van der Waals surface area contributed by atoms with Crippen LogP contribution < -0.4 is 5.73 Å². The maximum absolute atomic E-state index is 5.95. The molecule has 0 aliphatic carbocycles. The number of nitrogens with two attached hydrogens (primary N) is 1. The Bertz CT molecular complexity index is 185. The van der Waals surface area contributed by atoms with E-state index in [9.17, 15) is 0 Å². The first-order valence-corrected chi connectivity index (χ1v) is 6.32. The van der Waals surface area contributed by atoms with Crippen molar-refractivity contribution >= 4 is 0 Å². The normalized spacial score (nSPS) is 25.2. The molecule has 1 fully saturated rings. The molecule has 1 saturated heterocycles. The van der Waals surface area contributed by atoms with Gasteiger partial charge in [0.25, 0.3) is 0 Å². The molecule has 15 heavy (non-hydrogen) atoms. The van der Waals surface area contributed by atoms with Crippen LogP contribution in [-0.2, 0) is 0 Å². The predicted octanol–water partition coefficient (Wildman–Crippen LogP) is 2.48. The van der Waals surface area contributed by atoms with Crippen molar-refractivity contribution in [3.05, 3.63) is 0 Å². The second kappa shape index (κ2) is 4.84. The van der Waals surface area contributed by atoms with Crippen LogP contribution in [0.4, 0.5) is 0 Å². The minimum Gasteiger partial charge on any atom is -0.327 e. The Labute approximate surface area is 95.2 Å². The lowest BCUT2D eigenvalue weighted by Crippen LogP contribution is -2.49. The molecule has 1 aliphatic heterocycles. The van der Waals surface area contributed by atoms with Crippen molar-refractivity contribution < 1.29 is 0 Å². The Morgan fingerprint density at radius 3 is 1.93 bits per heavy atom. The van der Waals surface area contributed by atoms with Crippen LogP contribution >= 0.6 is 0 Å². The molecule has 0 aromatic rings. The summed E-state index contributed by atoms with van der Waals surface area (Å²) >= 11 is 0. The third-order valence-corrected chi connectivity index (χ3v) is 4.09. The van der Waals surface area contributed by atoms with Crippen LogP contribution in [0, 0.1) is 11.3 Å². The van der Waals surface area contributed by atoms with Gasteiger partial charge >= 0.3 is 0 Å². The van der Waals surface area contributed by atoms with Gasteiger partial charge < -0.3 is 5.73 Å².